The van der Waals surface area contributed by atoms with Gasteiger partial charge in [-0.1, -0.05) is 5.75 Å². The summed E-state index contributed by atoms with van der Waals surface area (Å²) in [6.07, 6.45) is 0. The van der Waals surface area contributed by atoms with Crippen LogP contribution in [0.2, 0.25) is 0 Å². The number of benzene rings is 3. The van der Waals surface area contributed by atoms with E-state index in [9.17, 15) is 75.5 Å². The van der Waals surface area contributed by atoms with Crippen LogP contribution in [0.3, 0.4) is 0 Å². The van der Waals surface area contributed by atoms with Gasteiger partial charge in [-0.3, -0.25) is 9.61 Å². The van der Waals surface area contributed by atoms with E-state index < -0.39 is 137 Å². The van der Waals surface area contributed by atoms with Crippen molar-refractivity contribution in [2.45, 2.75) is 14.7 Å². The van der Waals surface area contributed by atoms with Crippen molar-refractivity contribution < 1.29 is 215 Å². The number of carbonyl (C=O) groups excluding carboxylic acids is 1. The van der Waals surface area contributed by atoms with Crippen molar-refractivity contribution in [1.29, 1.82) is 0 Å². The SMILES string of the molecule is O=C(NCCS(=O)(=O)CCOS(=O)(=O)[O-])Nc1cc(S(=O)(=O)[O-])cc(NN=C(N=Nc2cc(S(=O)(=O)[O-])ccc2C(=O)O)c2ccc(S(=O)(=O)CCCl)cc2)c1[O-].[Cu].[Na+].[Na+].[Na+].[Na+]. The number of nitrogens with one attached hydrogen (secondary N) is 3. The van der Waals surface area contributed by atoms with E-state index in [-0.39, 0.29) is 152 Å². The van der Waals surface area contributed by atoms with Crippen LogP contribution in [0.1, 0.15) is 15.9 Å². The van der Waals surface area contributed by atoms with Gasteiger partial charge in [0, 0.05) is 40.7 Å². The molecule has 0 atom stereocenters. The van der Waals surface area contributed by atoms with E-state index in [0.29, 0.717) is 24.3 Å². The number of aromatic carboxylic acids is 1. The van der Waals surface area contributed by atoms with Crippen molar-refractivity contribution in [2.24, 2.45) is 15.3 Å². The first-order valence-corrected chi connectivity index (χ1v) is 23.0. The topological polar surface area (TPSA) is 400 Å². The second-order valence-electron chi connectivity index (χ2n) is 10.8. The molecule has 0 saturated carbocycles. The zero-order valence-corrected chi connectivity index (χ0v) is 46.2. The predicted molar refractivity (Wildman–Crippen MR) is 190 cm³/mol. The first kappa shape index (κ1) is 65.9. The van der Waals surface area contributed by atoms with Crippen LogP contribution < -0.4 is 139 Å². The number of carboxylic acid groups (broad SMARTS) is 1. The Balaban J connectivity index is -0.00000696. The van der Waals surface area contributed by atoms with Gasteiger partial charge < -0.3 is 34.5 Å². The molecule has 3 aromatic carbocycles. The summed E-state index contributed by atoms with van der Waals surface area (Å²) >= 11 is 5.56. The van der Waals surface area contributed by atoms with Gasteiger partial charge in [-0.05, 0) is 54.6 Å². The second-order valence-corrected chi connectivity index (χ2v) is 19.4. The third-order valence-corrected chi connectivity index (χ3v) is 12.6. The molecule has 0 heterocycles. The van der Waals surface area contributed by atoms with Gasteiger partial charge in [0.25, 0.3) is 0 Å². The number of amidine groups is 1. The zero-order chi connectivity index (χ0) is 43.0. The Morgan fingerprint density at radius 1 is 0.742 bits per heavy atom. The smallest absolute Gasteiger partial charge is 0.870 e. The standard InChI is InChI=1S/C27H29ClN6O18S5.Cu.4Na/c28-7-10-54(41,42)17-3-1-16(2-4-17)25(33-31-21-13-18(55(43,44)45)5-6-20(21)26(36)37)34-32-23-15-19(56(46,47)48)14-22(24(23)35)30-27(38)29-8-11-53(39,40)12-9-52-57(49,50)51;;;;;/h1-6,13-15,32,35H,7-12H2,(H,36,37)(H2,29,30,38)(H,43,44,45)(H,46,47,48)(H,49,50,51);;;;;/q;;4*+1/p-4. The molecular formula is C27H25ClCuN6Na4O18S5. The first-order chi connectivity index (χ1) is 26.2. The summed E-state index contributed by atoms with van der Waals surface area (Å²) in [4.78, 5) is 22.0. The summed E-state index contributed by atoms with van der Waals surface area (Å²) in [5, 5.41) is 38.0. The van der Waals surface area contributed by atoms with Gasteiger partial charge in [-0.25, -0.2) is 51.7 Å². The number of hydrogen-bond donors (Lipinski definition) is 4. The van der Waals surface area contributed by atoms with Gasteiger partial charge in [0.05, 0.1) is 49.8 Å². The molecular weight excluding hydrogens is 1050 g/mol. The summed E-state index contributed by atoms with van der Waals surface area (Å²) in [7, 11) is -23.7. The average Bonchev–Trinajstić information content (AvgIpc) is 3.08. The molecule has 1 radical (unpaired) electrons. The summed E-state index contributed by atoms with van der Waals surface area (Å²) in [5.74, 6) is -6.04. The molecule has 0 spiro atoms. The molecule has 0 saturated heterocycles. The van der Waals surface area contributed by atoms with Crippen LogP contribution in [0.4, 0.5) is 21.9 Å². The van der Waals surface area contributed by atoms with E-state index in [1.807, 2.05) is 10.6 Å². The molecule has 3 rings (SSSR count). The number of hydrogen-bond acceptors (Lipinski definition) is 20. The van der Waals surface area contributed by atoms with E-state index in [0.717, 1.165) is 30.3 Å². The molecule has 35 heteroatoms. The molecule has 0 aliphatic rings. The summed E-state index contributed by atoms with van der Waals surface area (Å²) in [6.45, 7) is -1.68. The number of rotatable bonds is 18. The summed E-state index contributed by atoms with van der Waals surface area (Å²) < 4.78 is 155. The number of azo groups is 1. The molecule has 0 aliphatic heterocycles. The summed E-state index contributed by atoms with van der Waals surface area (Å²) in [5.41, 5.74) is -1.15. The molecule has 0 unspecified atom stereocenters. The van der Waals surface area contributed by atoms with E-state index >= 15 is 0 Å². The predicted octanol–water partition coefficient (Wildman–Crippen LogP) is -12.1. The number of nitrogens with zero attached hydrogens (tertiary/aromatic N) is 3. The van der Waals surface area contributed by atoms with Gasteiger partial charge in [0.1, 0.15) is 25.9 Å². The van der Waals surface area contributed by atoms with Crippen molar-refractivity contribution in [3.05, 3.63) is 65.7 Å². The number of carboxylic acids is 1. The van der Waals surface area contributed by atoms with Gasteiger partial charge in [0.2, 0.25) is 16.2 Å². The molecule has 2 amide bonds. The van der Waals surface area contributed by atoms with Gasteiger partial charge in [-0.15, -0.1) is 21.8 Å². The maximum Gasteiger partial charge on any atom is 1.00 e. The number of urea groups is 1. The fourth-order valence-electron chi connectivity index (χ4n) is 4.09. The number of anilines is 2. The zero-order valence-electron chi connectivity index (χ0n) is 32.4. The monoisotopic (exact) mass is 1070 g/mol. The third-order valence-electron chi connectivity index (χ3n) is 6.76. The Morgan fingerprint density at radius 3 is 1.81 bits per heavy atom. The van der Waals surface area contributed by atoms with Crippen LogP contribution in [-0.2, 0) is 71.6 Å². The third kappa shape index (κ3) is 21.5. The van der Waals surface area contributed by atoms with Gasteiger partial charge in [0.15, 0.2) is 19.7 Å². The molecule has 4 N–H and O–H groups in total. The maximum atomic E-state index is 13.3. The Kier molecular flexibility index (Phi) is 29.9. The first-order valence-electron chi connectivity index (χ1n) is 14.9. The quantitative estimate of drug-likeness (QED) is 0.0134. The van der Waals surface area contributed by atoms with E-state index in [2.05, 4.69) is 24.9 Å². The number of alkyl halides is 1. The Hall–Kier alpha value is -0.331. The molecule has 323 valence electrons. The summed E-state index contributed by atoms with van der Waals surface area (Å²) in [6, 6.07) is 5.93. The van der Waals surface area contributed by atoms with Crippen LogP contribution in [0.5, 0.6) is 5.75 Å². The molecule has 24 nitrogen and oxygen atoms in total. The number of sulfone groups is 2. The second kappa shape index (κ2) is 28.1. The van der Waals surface area contributed by atoms with Crippen molar-refractivity contribution in [3.8, 4) is 5.75 Å². The van der Waals surface area contributed by atoms with E-state index in [1.165, 1.54) is 0 Å². The number of amides is 2. The fourth-order valence-corrected chi connectivity index (χ4v) is 8.06. The molecule has 0 fully saturated rings. The van der Waals surface area contributed by atoms with E-state index in [1.54, 1.807) is 0 Å². The van der Waals surface area contributed by atoms with Gasteiger partial charge in [-0.2, -0.15) is 5.10 Å². The van der Waals surface area contributed by atoms with Crippen molar-refractivity contribution in [2.75, 3.05) is 47.0 Å². The van der Waals surface area contributed by atoms with Crippen LogP contribution in [0.25, 0.3) is 0 Å². The normalized spacial score (nSPS) is 12.0. The van der Waals surface area contributed by atoms with Crippen LogP contribution >= 0.6 is 11.6 Å². The Bertz CT molecular complexity index is 2680. The minimum Gasteiger partial charge on any atom is -0.870 e. The van der Waals surface area contributed by atoms with Crippen LogP contribution in [0.15, 0.2) is 84.6 Å². The number of halogens is 1. The molecule has 3 aromatic rings. The van der Waals surface area contributed by atoms with Crippen LogP contribution in [0, 0.1) is 0 Å². The van der Waals surface area contributed by atoms with Crippen molar-refractivity contribution in [3.63, 3.8) is 0 Å². The van der Waals surface area contributed by atoms with Gasteiger partial charge >= 0.3 is 130 Å². The van der Waals surface area contributed by atoms with Crippen molar-refractivity contribution in [1.82, 2.24) is 5.32 Å². The minimum atomic E-state index is -5.39. The molecule has 0 bridgehead atoms. The average molecular weight is 1070 g/mol. The van der Waals surface area contributed by atoms with E-state index in [4.69, 9.17) is 11.6 Å². The maximum absolute atomic E-state index is 13.3. The van der Waals surface area contributed by atoms with Crippen molar-refractivity contribution >= 4 is 96.8 Å². The molecule has 62 heavy (non-hydrogen) atoms. The number of carbonyl (C=O) groups is 2. The van der Waals surface area contributed by atoms with Crippen LogP contribution in [-0.4, -0.2) is 115 Å². The molecule has 0 aromatic heterocycles. The Morgan fingerprint density at radius 2 is 1.29 bits per heavy atom. The fraction of sp³-hybridized carbons (Fsp3) is 0.222. The largest absolute Gasteiger partial charge is 1.00 e. The number of hydrazone groups is 1. The molecule has 0 aliphatic carbocycles. The Labute approximate surface area is 459 Å². The minimum absolute atomic E-state index is 0.